The van der Waals surface area contributed by atoms with Crippen molar-refractivity contribution in [2.75, 3.05) is 0 Å². The Morgan fingerprint density at radius 3 is 2.38 bits per heavy atom. The summed E-state index contributed by atoms with van der Waals surface area (Å²) in [5.74, 6) is -1.17. The molecule has 200 valence electrons. The molecule has 0 unspecified atom stereocenters. The maximum Gasteiger partial charge on any atom is 0.329 e. The van der Waals surface area contributed by atoms with Crippen molar-refractivity contribution in [2.24, 2.45) is 5.10 Å². The van der Waals surface area contributed by atoms with Crippen LogP contribution in [0.5, 0.6) is 0 Å². The molecule has 2 heterocycles. The van der Waals surface area contributed by atoms with Crippen molar-refractivity contribution in [1.82, 2.24) is 20.0 Å². The number of hydrogen-bond acceptors (Lipinski definition) is 7. The van der Waals surface area contributed by atoms with Crippen molar-refractivity contribution in [1.29, 1.82) is 0 Å². The number of carbonyl (C=O) groups excluding carboxylic acids is 2. The Morgan fingerprint density at radius 2 is 1.67 bits per heavy atom. The Morgan fingerprint density at radius 1 is 0.923 bits per heavy atom. The lowest BCUT2D eigenvalue weighted by atomic mass is 10.2. The maximum absolute atomic E-state index is 13.5. The quantitative estimate of drug-likeness (QED) is 0.179. The number of benzene rings is 2. The molecule has 0 aliphatic carbocycles. The van der Waals surface area contributed by atoms with Gasteiger partial charge in [-0.15, -0.1) is 0 Å². The summed E-state index contributed by atoms with van der Waals surface area (Å²) in [7, 11) is -3.83. The van der Waals surface area contributed by atoms with E-state index in [0.29, 0.717) is 11.5 Å². The van der Waals surface area contributed by atoms with Crippen molar-refractivity contribution in [2.45, 2.75) is 31.5 Å². The van der Waals surface area contributed by atoms with Gasteiger partial charge in [0.15, 0.2) is 0 Å². The normalized spacial score (nSPS) is 11.5. The lowest BCUT2D eigenvalue weighted by Gasteiger charge is -2.21. The Hall–Kier alpha value is -4.61. The van der Waals surface area contributed by atoms with Crippen molar-refractivity contribution in [3.63, 3.8) is 0 Å². The number of sulfonamides is 1. The van der Waals surface area contributed by atoms with E-state index in [2.05, 4.69) is 20.8 Å². The van der Waals surface area contributed by atoms with Crippen LogP contribution in [0.1, 0.15) is 28.3 Å². The molecule has 4 aromatic rings. The van der Waals surface area contributed by atoms with Crippen molar-refractivity contribution >= 4 is 28.1 Å². The summed E-state index contributed by atoms with van der Waals surface area (Å²) in [6.07, 6.45) is 2.81. The highest BCUT2D eigenvalue weighted by atomic mass is 32.2. The molecule has 4 rings (SSSR count). The molecule has 39 heavy (non-hydrogen) atoms. The third-order valence-electron chi connectivity index (χ3n) is 5.60. The highest BCUT2D eigenvalue weighted by Crippen LogP contribution is 2.22. The third kappa shape index (κ3) is 7.69. The number of hydrogen-bond donors (Lipinski definition) is 2. The molecule has 2 aromatic carbocycles. The summed E-state index contributed by atoms with van der Waals surface area (Å²) in [5, 5.41) is 6.21. The Kier molecular flexibility index (Phi) is 8.97. The number of aryl methyl sites for hydroxylation is 1. The first-order chi connectivity index (χ1) is 18.8. The van der Waals surface area contributed by atoms with Gasteiger partial charge in [-0.05, 0) is 48.9 Å². The highest BCUT2D eigenvalue weighted by molar-refractivity contribution is 7.89. The molecule has 0 saturated carbocycles. The topological polar surface area (TPSA) is 134 Å². The van der Waals surface area contributed by atoms with Crippen LogP contribution in [0.15, 0.2) is 106 Å². The van der Waals surface area contributed by atoms with E-state index in [1.54, 1.807) is 60.8 Å². The van der Waals surface area contributed by atoms with Gasteiger partial charge in [0.05, 0.1) is 29.9 Å². The van der Waals surface area contributed by atoms with E-state index in [9.17, 15) is 18.0 Å². The minimum Gasteiger partial charge on any atom is -0.459 e. The summed E-state index contributed by atoms with van der Waals surface area (Å²) in [6, 6.07) is 24.4. The van der Waals surface area contributed by atoms with Crippen LogP contribution in [-0.4, -0.2) is 35.7 Å². The monoisotopic (exact) mass is 545 g/mol. The standard InChI is InChI=1S/C28H27N5O5S/c1-21-10-14-26(15-11-21)39(36,37)33(19-22-7-3-2-4-8-22)20-25-13-12-24(38-25)18-31-32-28(35)27(34)30-17-23-9-5-6-16-29-23/h2-16,18H,17,19-20H2,1H3,(H,30,34)(H,32,35)/b31-18+. The second kappa shape index (κ2) is 12.8. The van der Waals surface area contributed by atoms with Gasteiger partial charge in [-0.3, -0.25) is 14.6 Å². The first-order valence-electron chi connectivity index (χ1n) is 12.0. The van der Waals surface area contributed by atoms with Crippen LogP contribution in [0.4, 0.5) is 0 Å². The minimum atomic E-state index is -3.83. The maximum atomic E-state index is 13.5. The molecule has 2 N–H and O–H groups in total. The summed E-state index contributed by atoms with van der Waals surface area (Å²) >= 11 is 0. The molecule has 0 saturated heterocycles. The molecule has 0 spiro atoms. The molecule has 0 aliphatic rings. The summed E-state index contributed by atoms with van der Waals surface area (Å²) < 4.78 is 34.0. The average molecular weight is 546 g/mol. The summed E-state index contributed by atoms with van der Waals surface area (Å²) in [6.45, 7) is 2.11. The number of hydrazone groups is 1. The van der Waals surface area contributed by atoms with E-state index in [1.807, 2.05) is 37.3 Å². The fourth-order valence-corrected chi connectivity index (χ4v) is 4.95. The summed E-state index contributed by atoms with van der Waals surface area (Å²) in [5.41, 5.74) is 4.52. The second-order valence-electron chi connectivity index (χ2n) is 8.58. The van der Waals surface area contributed by atoms with E-state index >= 15 is 0 Å². The predicted molar refractivity (Wildman–Crippen MR) is 145 cm³/mol. The zero-order valence-corrected chi connectivity index (χ0v) is 22.0. The highest BCUT2D eigenvalue weighted by Gasteiger charge is 2.26. The predicted octanol–water partition coefficient (Wildman–Crippen LogP) is 3.14. The molecule has 11 heteroatoms. The van der Waals surface area contributed by atoms with Crippen LogP contribution >= 0.6 is 0 Å². The van der Waals surface area contributed by atoms with Crippen LogP contribution < -0.4 is 10.7 Å². The number of pyridine rings is 1. The Bertz CT molecular complexity index is 1540. The fourth-order valence-electron chi connectivity index (χ4n) is 3.55. The van der Waals surface area contributed by atoms with E-state index in [-0.39, 0.29) is 30.3 Å². The van der Waals surface area contributed by atoms with Crippen molar-refractivity contribution in [3.8, 4) is 0 Å². The van der Waals surface area contributed by atoms with Gasteiger partial charge < -0.3 is 9.73 Å². The third-order valence-corrected chi connectivity index (χ3v) is 7.40. The Labute approximate surface area is 226 Å². The Balaban J connectivity index is 1.40. The van der Waals surface area contributed by atoms with E-state index in [4.69, 9.17) is 4.42 Å². The van der Waals surface area contributed by atoms with Gasteiger partial charge in [-0.25, -0.2) is 13.8 Å². The second-order valence-corrected chi connectivity index (χ2v) is 10.5. The first kappa shape index (κ1) is 27.4. The largest absolute Gasteiger partial charge is 0.459 e. The van der Waals surface area contributed by atoms with Gasteiger partial charge in [-0.2, -0.15) is 9.41 Å². The van der Waals surface area contributed by atoms with E-state index in [1.165, 1.54) is 10.5 Å². The zero-order chi connectivity index (χ0) is 27.7. The molecular weight excluding hydrogens is 518 g/mol. The number of nitrogens with one attached hydrogen (secondary N) is 2. The number of rotatable bonds is 10. The minimum absolute atomic E-state index is 0.0266. The van der Waals surface area contributed by atoms with Gasteiger partial charge in [0.25, 0.3) is 0 Å². The SMILES string of the molecule is Cc1ccc(S(=O)(=O)N(Cc2ccccc2)Cc2ccc(/C=N/NC(=O)C(=O)NCc3ccccn3)o2)cc1. The lowest BCUT2D eigenvalue weighted by molar-refractivity contribution is -0.139. The molecule has 0 aliphatic heterocycles. The molecular formula is C28H27N5O5S. The van der Waals surface area contributed by atoms with E-state index in [0.717, 1.165) is 11.1 Å². The van der Waals surface area contributed by atoms with Gasteiger partial charge in [0.2, 0.25) is 10.0 Å². The number of nitrogens with zero attached hydrogens (tertiary/aromatic N) is 3. The fraction of sp³-hybridized carbons (Fsp3) is 0.143. The lowest BCUT2D eigenvalue weighted by Crippen LogP contribution is -2.37. The van der Waals surface area contributed by atoms with Crippen LogP contribution in [0.25, 0.3) is 0 Å². The molecule has 0 radical (unpaired) electrons. The van der Waals surface area contributed by atoms with Crippen LogP contribution in [0, 0.1) is 6.92 Å². The summed E-state index contributed by atoms with van der Waals surface area (Å²) in [4.78, 5) is 28.2. The molecule has 0 bridgehead atoms. The number of aromatic nitrogens is 1. The first-order valence-corrected chi connectivity index (χ1v) is 13.5. The van der Waals surface area contributed by atoms with E-state index < -0.39 is 21.8 Å². The molecule has 10 nitrogen and oxygen atoms in total. The van der Waals surface area contributed by atoms with Crippen molar-refractivity contribution in [3.05, 3.63) is 119 Å². The van der Waals surface area contributed by atoms with Gasteiger partial charge in [-0.1, -0.05) is 54.1 Å². The van der Waals surface area contributed by atoms with Crippen LogP contribution in [0.3, 0.4) is 0 Å². The molecule has 0 atom stereocenters. The molecule has 2 aromatic heterocycles. The zero-order valence-electron chi connectivity index (χ0n) is 21.2. The van der Waals surface area contributed by atoms with Crippen LogP contribution in [0.2, 0.25) is 0 Å². The van der Waals surface area contributed by atoms with Crippen LogP contribution in [-0.2, 0) is 39.2 Å². The number of amides is 2. The van der Waals surface area contributed by atoms with Gasteiger partial charge in [0.1, 0.15) is 11.5 Å². The number of furan rings is 1. The van der Waals surface area contributed by atoms with Gasteiger partial charge in [0, 0.05) is 12.7 Å². The number of carbonyl (C=O) groups is 2. The molecule has 0 fully saturated rings. The van der Waals surface area contributed by atoms with Crippen molar-refractivity contribution < 1.29 is 22.4 Å². The average Bonchev–Trinajstić information content (AvgIpc) is 3.39. The van der Waals surface area contributed by atoms with Gasteiger partial charge >= 0.3 is 11.8 Å². The molecule has 2 amide bonds. The smallest absolute Gasteiger partial charge is 0.329 e.